The maximum Gasteiger partial charge on any atom is 0.251 e. The zero-order valence-corrected chi connectivity index (χ0v) is 16.6. The second kappa shape index (κ2) is 9.00. The van der Waals surface area contributed by atoms with Crippen LogP contribution in [0.4, 0.5) is 0 Å². The van der Waals surface area contributed by atoms with Crippen molar-refractivity contribution in [3.63, 3.8) is 0 Å². The molecule has 0 radical (unpaired) electrons. The summed E-state index contributed by atoms with van der Waals surface area (Å²) in [7, 11) is 0. The largest absolute Gasteiger partial charge is 0.349 e. The van der Waals surface area contributed by atoms with Gasteiger partial charge in [0.25, 0.3) is 5.91 Å². The zero-order chi connectivity index (χ0) is 19.2. The fourth-order valence-electron chi connectivity index (χ4n) is 2.84. The van der Waals surface area contributed by atoms with Crippen LogP contribution in [0.2, 0.25) is 0 Å². The predicted molar refractivity (Wildman–Crippen MR) is 111 cm³/mol. The third-order valence-electron chi connectivity index (χ3n) is 4.42. The first-order valence-electron chi connectivity index (χ1n) is 9.44. The van der Waals surface area contributed by atoms with Gasteiger partial charge in [-0.3, -0.25) is 9.59 Å². The maximum absolute atomic E-state index is 12.3. The Kier molecular flexibility index (Phi) is 6.45. The van der Waals surface area contributed by atoms with Gasteiger partial charge in [-0.25, -0.2) is 0 Å². The van der Waals surface area contributed by atoms with Gasteiger partial charge < -0.3 is 10.6 Å². The van der Waals surface area contributed by atoms with Crippen molar-refractivity contribution in [1.82, 2.24) is 10.6 Å². The van der Waals surface area contributed by atoms with E-state index in [1.54, 1.807) is 35.6 Å². The summed E-state index contributed by atoms with van der Waals surface area (Å²) in [4.78, 5) is 25.5. The number of thiophene rings is 1. The molecule has 3 rings (SSSR count). The standard InChI is InChI=1S/C22H26N2O2S/c1-15(2)14-19(20-4-3-13-27-20)24-21(25)12-7-16-5-8-17(9-6-16)22(26)23-18-10-11-18/h3-9,12-13,15,18-19H,10-11,14H2,1-2H3,(H,23,26)(H,24,25)/b12-7+. The zero-order valence-electron chi connectivity index (χ0n) is 15.8. The molecule has 27 heavy (non-hydrogen) atoms. The Bertz CT molecular complexity index is 790. The first-order chi connectivity index (χ1) is 13.0. The number of hydrogen-bond donors (Lipinski definition) is 2. The SMILES string of the molecule is CC(C)CC(NC(=O)/C=C/c1ccc(C(=O)NC2CC2)cc1)c1cccs1. The van der Waals surface area contributed by atoms with E-state index < -0.39 is 0 Å². The number of carbonyl (C=O) groups excluding carboxylic acids is 2. The van der Waals surface area contributed by atoms with E-state index in [4.69, 9.17) is 0 Å². The Labute approximate surface area is 164 Å². The van der Waals surface area contributed by atoms with Gasteiger partial charge in [0.15, 0.2) is 0 Å². The van der Waals surface area contributed by atoms with Crippen LogP contribution in [0.1, 0.15) is 60.0 Å². The summed E-state index contributed by atoms with van der Waals surface area (Å²) in [6.07, 6.45) is 6.39. The molecule has 0 bridgehead atoms. The van der Waals surface area contributed by atoms with Crippen LogP contribution in [-0.2, 0) is 4.79 Å². The Balaban J connectivity index is 1.57. The van der Waals surface area contributed by atoms with Crippen molar-refractivity contribution in [2.75, 3.05) is 0 Å². The third kappa shape index (κ3) is 6.07. The molecule has 1 unspecified atom stereocenters. The lowest BCUT2D eigenvalue weighted by atomic mass is 10.0. The molecule has 142 valence electrons. The highest BCUT2D eigenvalue weighted by molar-refractivity contribution is 7.10. The van der Waals surface area contributed by atoms with E-state index >= 15 is 0 Å². The summed E-state index contributed by atoms with van der Waals surface area (Å²) in [5.41, 5.74) is 1.54. The molecule has 1 atom stereocenters. The summed E-state index contributed by atoms with van der Waals surface area (Å²) in [5, 5.41) is 8.10. The molecular weight excluding hydrogens is 356 g/mol. The second-order valence-electron chi connectivity index (χ2n) is 7.41. The normalized spacial score (nSPS) is 15.1. The minimum Gasteiger partial charge on any atom is -0.349 e. The molecule has 1 saturated carbocycles. The number of nitrogens with one attached hydrogen (secondary N) is 2. The summed E-state index contributed by atoms with van der Waals surface area (Å²) < 4.78 is 0. The minimum absolute atomic E-state index is 0.0294. The van der Waals surface area contributed by atoms with Gasteiger partial charge in [-0.2, -0.15) is 0 Å². The van der Waals surface area contributed by atoms with Gasteiger partial charge in [-0.15, -0.1) is 11.3 Å². The average Bonchev–Trinajstić information content (AvgIpc) is 3.28. The lowest BCUT2D eigenvalue weighted by Crippen LogP contribution is -2.27. The predicted octanol–water partition coefficient (Wildman–Crippen LogP) is 4.56. The number of benzene rings is 1. The van der Waals surface area contributed by atoms with Gasteiger partial charge in [0, 0.05) is 22.6 Å². The average molecular weight is 383 g/mol. The Morgan fingerprint density at radius 1 is 1.19 bits per heavy atom. The molecule has 2 amide bonds. The highest BCUT2D eigenvalue weighted by atomic mass is 32.1. The first-order valence-corrected chi connectivity index (χ1v) is 10.3. The van der Waals surface area contributed by atoms with Crippen molar-refractivity contribution in [3.05, 3.63) is 63.9 Å². The maximum atomic E-state index is 12.3. The monoisotopic (exact) mass is 382 g/mol. The molecule has 4 nitrogen and oxygen atoms in total. The molecule has 0 aliphatic heterocycles. The molecule has 1 heterocycles. The molecule has 2 N–H and O–H groups in total. The molecule has 5 heteroatoms. The van der Waals surface area contributed by atoms with Crippen LogP contribution in [0.3, 0.4) is 0 Å². The summed E-state index contributed by atoms with van der Waals surface area (Å²) in [6.45, 7) is 4.31. The minimum atomic E-state index is -0.107. The fourth-order valence-corrected chi connectivity index (χ4v) is 3.63. The first kappa shape index (κ1) is 19.4. The number of hydrogen-bond acceptors (Lipinski definition) is 3. The van der Waals surface area contributed by atoms with E-state index in [9.17, 15) is 9.59 Å². The van der Waals surface area contributed by atoms with Crippen LogP contribution in [0.15, 0.2) is 47.9 Å². The van der Waals surface area contributed by atoms with E-state index in [-0.39, 0.29) is 17.9 Å². The van der Waals surface area contributed by atoms with Gasteiger partial charge in [0.05, 0.1) is 6.04 Å². The fraction of sp³-hybridized carbons (Fsp3) is 0.364. The molecular formula is C22H26N2O2S. The van der Waals surface area contributed by atoms with Gasteiger partial charge in [0.2, 0.25) is 5.91 Å². The Morgan fingerprint density at radius 2 is 1.93 bits per heavy atom. The van der Waals surface area contributed by atoms with Crippen molar-refractivity contribution < 1.29 is 9.59 Å². The second-order valence-corrected chi connectivity index (χ2v) is 8.39. The lowest BCUT2D eigenvalue weighted by molar-refractivity contribution is -0.117. The van der Waals surface area contributed by atoms with Crippen LogP contribution >= 0.6 is 11.3 Å². The van der Waals surface area contributed by atoms with E-state index in [1.807, 2.05) is 23.6 Å². The Hall–Kier alpha value is -2.40. The summed E-state index contributed by atoms with van der Waals surface area (Å²) >= 11 is 1.67. The van der Waals surface area contributed by atoms with Crippen LogP contribution in [0.5, 0.6) is 0 Å². The molecule has 0 saturated heterocycles. The van der Waals surface area contributed by atoms with Crippen molar-refractivity contribution >= 4 is 29.2 Å². The molecule has 2 aromatic rings. The van der Waals surface area contributed by atoms with E-state index in [1.165, 1.54) is 4.88 Å². The molecule has 1 aromatic carbocycles. The van der Waals surface area contributed by atoms with Gasteiger partial charge >= 0.3 is 0 Å². The molecule has 1 aliphatic rings. The van der Waals surface area contributed by atoms with Crippen LogP contribution in [-0.4, -0.2) is 17.9 Å². The van der Waals surface area contributed by atoms with Crippen LogP contribution in [0.25, 0.3) is 6.08 Å². The van der Waals surface area contributed by atoms with Gasteiger partial charge in [0.1, 0.15) is 0 Å². The smallest absolute Gasteiger partial charge is 0.251 e. The Morgan fingerprint density at radius 3 is 2.52 bits per heavy atom. The third-order valence-corrected chi connectivity index (χ3v) is 5.41. The summed E-state index contributed by atoms with van der Waals surface area (Å²) in [6, 6.07) is 11.8. The highest BCUT2D eigenvalue weighted by Crippen LogP contribution is 2.25. The quantitative estimate of drug-likeness (QED) is 0.658. The van der Waals surface area contributed by atoms with Crippen LogP contribution in [0, 0.1) is 5.92 Å². The van der Waals surface area contributed by atoms with E-state index in [2.05, 4.69) is 30.5 Å². The number of amides is 2. The lowest BCUT2D eigenvalue weighted by Gasteiger charge is -2.18. The molecule has 1 fully saturated rings. The van der Waals surface area contributed by atoms with Crippen molar-refractivity contribution in [2.24, 2.45) is 5.92 Å². The van der Waals surface area contributed by atoms with Crippen molar-refractivity contribution in [3.8, 4) is 0 Å². The van der Waals surface area contributed by atoms with E-state index in [0.717, 1.165) is 24.8 Å². The van der Waals surface area contributed by atoms with Gasteiger partial charge in [-0.05, 0) is 60.4 Å². The van der Waals surface area contributed by atoms with Crippen LogP contribution < -0.4 is 10.6 Å². The molecule has 1 aromatic heterocycles. The van der Waals surface area contributed by atoms with Crippen molar-refractivity contribution in [2.45, 2.75) is 45.2 Å². The molecule has 1 aliphatic carbocycles. The number of carbonyl (C=O) groups is 2. The molecule has 0 spiro atoms. The van der Waals surface area contributed by atoms with Gasteiger partial charge in [-0.1, -0.05) is 32.0 Å². The van der Waals surface area contributed by atoms with E-state index in [0.29, 0.717) is 17.5 Å². The topological polar surface area (TPSA) is 58.2 Å². The van der Waals surface area contributed by atoms with Crippen molar-refractivity contribution in [1.29, 1.82) is 0 Å². The highest BCUT2D eigenvalue weighted by Gasteiger charge is 2.23. The number of rotatable bonds is 8. The summed E-state index contributed by atoms with van der Waals surface area (Å²) in [5.74, 6) is 0.360.